The summed E-state index contributed by atoms with van der Waals surface area (Å²) in [5, 5.41) is 6.72. The summed E-state index contributed by atoms with van der Waals surface area (Å²) in [5.41, 5.74) is 1.75. The van der Waals surface area contributed by atoms with E-state index < -0.39 is 6.10 Å². The van der Waals surface area contributed by atoms with E-state index in [-0.39, 0.29) is 5.91 Å². The minimum absolute atomic E-state index is 0.161. The molecule has 0 aromatic heterocycles. The van der Waals surface area contributed by atoms with E-state index in [1.165, 1.54) is 0 Å². The summed E-state index contributed by atoms with van der Waals surface area (Å²) in [6, 6.07) is 7.76. The van der Waals surface area contributed by atoms with Gasteiger partial charge in [0.1, 0.15) is 0 Å². The third kappa shape index (κ3) is 3.78. The molecule has 0 saturated carbocycles. The second-order valence-electron chi connectivity index (χ2n) is 4.13. The van der Waals surface area contributed by atoms with Crippen LogP contribution in [-0.2, 0) is 14.4 Å². The number of halogens is 1. The van der Waals surface area contributed by atoms with Crippen LogP contribution in [-0.4, -0.2) is 38.0 Å². The number of rotatable bonds is 5. The van der Waals surface area contributed by atoms with E-state index >= 15 is 0 Å². The lowest BCUT2D eigenvalue weighted by Crippen LogP contribution is -2.36. The van der Waals surface area contributed by atoms with Crippen molar-refractivity contribution in [3.05, 3.63) is 34.3 Å². The van der Waals surface area contributed by atoms with Gasteiger partial charge in [-0.05, 0) is 12.1 Å². The van der Waals surface area contributed by atoms with Gasteiger partial charge in [0, 0.05) is 30.1 Å². The van der Waals surface area contributed by atoms with Gasteiger partial charge >= 0.3 is 0 Å². The predicted molar refractivity (Wildman–Crippen MR) is 75.1 cm³/mol. The van der Waals surface area contributed by atoms with Crippen molar-refractivity contribution in [2.24, 2.45) is 5.16 Å². The molecule has 5 nitrogen and oxygen atoms in total. The normalized spacial score (nSPS) is 17.8. The lowest BCUT2D eigenvalue weighted by molar-refractivity contribution is -0.131. The van der Waals surface area contributed by atoms with Crippen molar-refractivity contribution < 1.29 is 14.4 Å². The molecule has 0 bridgehead atoms. The first kappa shape index (κ1) is 14.0. The van der Waals surface area contributed by atoms with E-state index in [0.717, 1.165) is 15.7 Å². The van der Waals surface area contributed by atoms with Crippen LogP contribution in [0.5, 0.6) is 0 Å². The van der Waals surface area contributed by atoms with E-state index in [0.29, 0.717) is 19.6 Å². The summed E-state index contributed by atoms with van der Waals surface area (Å²) in [6.07, 6.45) is -0.0687. The van der Waals surface area contributed by atoms with Gasteiger partial charge in [-0.25, -0.2) is 0 Å². The summed E-state index contributed by atoms with van der Waals surface area (Å²) < 4.78 is 5.84. The molecule has 0 radical (unpaired) electrons. The van der Waals surface area contributed by atoms with Gasteiger partial charge in [0.05, 0.1) is 12.3 Å². The minimum atomic E-state index is -0.550. The predicted octanol–water partition coefficient (Wildman–Crippen LogP) is 1.70. The molecule has 6 heteroatoms. The van der Waals surface area contributed by atoms with Gasteiger partial charge in [-0.3, -0.25) is 4.79 Å². The first-order chi connectivity index (χ1) is 9.20. The van der Waals surface area contributed by atoms with Crippen LogP contribution in [0.15, 0.2) is 33.9 Å². The fraction of sp³-hybridized carbons (Fsp3) is 0.385. The Morgan fingerprint density at radius 3 is 3.21 bits per heavy atom. The van der Waals surface area contributed by atoms with Crippen LogP contribution in [0.25, 0.3) is 0 Å². The largest absolute Gasteiger partial charge is 0.383 e. The smallest absolute Gasteiger partial charge is 0.264 e. The number of benzene rings is 1. The lowest BCUT2D eigenvalue weighted by Gasteiger charge is -2.08. The summed E-state index contributed by atoms with van der Waals surface area (Å²) in [4.78, 5) is 17.0. The highest BCUT2D eigenvalue weighted by Crippen LogP contribution is 2.19. The van der Waals surface area contributed by atoms with Crippen molar-refractivity contribution in [1.29, 1.82) is 0 Å². The number of carbonyl (C=O) groups is 1. The van der Waals surface area contributed by atoms with Gasteiger partial charge < -0.3 is 14.9 Å². The van der Waals surface area contributed by atoms with E-state index in [1.54, 1.807) is 7.11 Å². The van der Waals surface area contributed by atoms with Crippen molar-refractivity contribution in [3.63, 3.8) is 0 Å². The highest BCUT2D eigenvalue weighted by Gasteiger charge is 2.28. The molecule has 1 atom stereocenters. The number of nitrogens with one attached hydrogen (secondary N) is 1. The third-order valence-corrected chi connectivity index (χ3v) is 3.22. The Morgan fingerprint density at radius 1 is 1.63 bits per heavy atom. The molecule has 19 heavy (non-hydrogen) atoms. The number of hydrogen-bond acceptors (Lipinski definition) is 4. The molecular formula is C13H15BrN2O3. The number of methoxy groups -OCH3 is 1. The molecule has 1 aromatic carbocycles. The zero-order chi connectivity index (χ0) is 13.7. The van der Waals surface area contributed by atoms with Crippen LogP contribution in [0.1, 0.15) is 12.0 Å². The van der Waals surface area contributed by atoms with Gasteiger partial charge in [0.25, 0.3) is 5.91 Å². The standard InChI is InChI=1S/C13H15BrN2O3/c1-18-6-5-15-13(17)12-8-11(16-19-12)9-3-2-4-10(14)7-9/h2-4,7,12H,5-6,8H2,1H3,(H,15,17)/t12-/m1/s1. The summed E-state index contributed by atoms with van der Waals surface area (Å²) in [5.74, 6) is -0.161. The molecule has 0 saturated heterocycles. The molecule has 1 amide bonds. The maximum atomic E-state index is 11.8. The summed E-state index contributed by atoms with van der Waals surface area (Å²) in [7, 11) is 1.59. The zero-order valence-electron chi connectivity index (χ0n) is 10.6. The van der Waals surface area contributed by atoms with Crippen LogP contribution < -0.4 is 5.32 Å². The van der Waals surface area contributed by atoms with Crippen molar-refractivity contribution in [1.82, 2.24) is 5.32 Å². The Kier molecular flexibility index (Phi) is 4.93. The molecule has 1 heterocycles. The Labute approximate surface area is 120 Å². The lowest BCUT2D eigenvalue weighted by atomic mass is 10.0. The van der Waals surface area contributed by atoms with Crippen LogP contribution in [0, 0.1) is 0 Å². The second kappa shape index (κ2) is 6.68. The SMILES string of the molecule is COCCNC(=O)[C@H]1CC(c2cccc(Br)c2)=NO1. The number of hydrogen-bond donors (Lipinski definition) is 1. The second-order valence-corrected chi connectivity index (χ2v) is 5.05. The van der Waals surface area contributed by atoms with Gasteiger partial charge in [-0.2, -0.15) is 0 Å². The van der Waals surface area contributed by atoms with Crippen LogP contribution in [0.2, 0.25) is 0 Å². The molecule has 0 spiro atoms. The van der Waals surface area contributed by atoms with E-state index in [9.17, 15) is 4.79 Å². The molecule has 102 valence electrons. The van der Waals surface area contributed by atoms with Crippen molar-refractivity contribution in [3.8, 4) is 0 Å². The molecule has 1 aromatic rings. The van der Waals surface area contributed by atoms with Crippen molar-refractivity contribution >= 4 is 27.5 Å². The van der Waals surface area contributed by atoms with Gasteiger partial charge in [0.2, 0.25) is 6.10 Å². The first-order valence-corrected chi connectivity index (χ1v) is 6.75. The molecule has 1 aliphatic heterocycles. The Hall–Kier alpha value is -1.40. The third-order valence-electron chi connectivity index (χ3n) is 2.72. The summed E-state index contributed by atoms with van der Waals surface area (Å²) in [6.45, 7) is 0.958. The molecule has 1 N–H and O–H groups in total. The van der Waals surface area contributed by atoms with E-state index in [2.05, 4.69) is 26.4 Å². The molecule has 0 fully saturated rings. The molecule has 0 aliphatic carbocycles. The number of carbonyl (C=O) groups excluding carboxylic acids is 1. The van der Waals surface area contributed by atoms with Gasteiger partial charge in [-0.1, -0.05) is 33.2 Å². The quantitative estimate of drug-likeness (QED) is 0.838. The molecule has 2 rings (SSSR count). The summed E-state index contributed by atoms with van der Waals surface area (Å²) >= 11 is 3.41. The Morgan fingerprint density at radius 2 is 2.47 bits per heavy atom. The highest BCUT2D eigenvalue weighted by atomic mass is 79.9. The monoisotopic (exact) mass is 326 g/mol. The fourth-order valence-corrected chi connectivity index (χ4v) is 2.15. The van der Waals surface area contributed by atoms with E-state index in [1.807, 2.05) is 24.3 Å². The first-order valence-electron chi connectivity index (χ1n) is 5.96. The van der Waals surface area contributed by atoms with E-state index in [4.69, 9.17) is 9.57 Å². The fourth-order valence-electron chi connectivity index (χ4n) is 1.75. The number of ether oxygens (including phenoxy) is 1. The topological polar surface area (TPSA) is 59.9 Å². The molecular weight excluding hydrogens is 312 g/mol. The highest BCUT2D eigenvalue weighted by molar-refractivity contribution is 9.10. The number of nitrogens with zero attached hydrogens (tertiary/aromatic N) is 1. The van der Waals surface area contributed by atoms with Crippen molar-refractivity contribution in [2.45, 2.75) is 12.5 Å². The molecule has 0 unspecified atom stereocenters. The van der Waals surface area contributed by atoms with Crippen LogP contribution in [0.4, 0.5) is 0 Å². The maximum Gasteiger partial charge on any atom is 0.264 e. The zero-order valence-corrected chi connectivity index (χ0v) is 12.1. The average Bonchev–Trinajstić information content (AvgIpc) is 2.88. The maximum absolute atomic E-state index is 11.8. The average molecular weight is 327 g/mol. The van der Waals surface area contributed by atoms with Crippen LogP contribution >= 0.6 is 15.9 Å². The van der Waals surface area contributed by atoms with Gasteiger partial charge in [0.15, 0.2) is 0 Å². The van der Waals surface area contributed by atoms with Crippen LogP contribution in [0.3, 0.4) is 0 Å². The molecule has 1 aliphatic rings. The minimum Gasteiger partial charge on any atom is -0.383 e. The van der Waals surface area contributed by atoms with Crippen molar-refractivity contribution in [2.75, 3.05) is 20.3 Å². The Balaban J connectivity index is 1.90. The number of amides is 1. The number of oxime groups is 1. The van der Waals surface area contributed by atoms with Gasteiger partial charge in [-0.15, -0.1) is 0 Å². The Bertz CT molecular complexity index is 491.